The summed E-state index contributed by atoms with van der Waals surface area (Å²) < 4.78 is 38.3. The number of carbonyl (C=O) groups excluding carboxylic acids is 1. The molecule has 0 bridgehead atoms. The molecule has 30 heavy (non-hydrogen) atoms. The van der Waals surface area contributed by atoms with Gasteiger partial charge in [-0.25, -0.2) is 8.42 Å². The van der Waals surface area contributed by atoms with Crippen LogP contribution in [0.15, 0.2) is 66.1 Å². The molecule has 0 spiro atoms. The second-order valence-electron chi connectivity index (χ2n) is 7.18. The molecule has 1 saturated heterocycles. The van der Waals surface area contributed by atoms with Gasteiger partial charge in [0.15, 0.2) is 0 Å². The Morgan fingerprint density at radius 1 is 1.13 bits per heavy atom. The predicted octanol–water partition coefficient (Wildman–Crippen LogP) is 3.30. The molecule has 1 heterocycles. The van der Waals surface area contributed by atoms with Crippen LogP contribution in [0.1, 0.15) is 24.2 Å². The number of morpholine rings is 1. The van der Waals surface area contributed by atoms with Crippen LogP contribution in [-0.2, 0) is 14.8 Å². The number of carbonyl (C=O) groups is 1. The summed E-state index contributed by atoms with van der Waals surface area (Å²) in [6, 6.07) is 12.9. The smallest absolute Gasteiger partial charge is 0.255 e. The molecule has 1 fully saturated rings. The van der Waals surface area contributed by atoms with Gasteiger partial charge in [-0.15, -0.1) is 0 Å². The summed E-state index contributed by atoms with van der Waals surface area (Å²) in [6.07, 6.45) is 1.33. The maximum atomic E-state index is 12.9. The summed E-state index contributed by atoms with van der Waals surface area (Å²) in [7, 11) is -3.62. The van der Waals surface area contributed by atoms with E-state index in [9.17, 15) is 13.2 Å². The van der Waals surface area contributed by atoms with Crippen LogP contribution in [-0.4, -0.2) is 50.5 Å². The van der Waals surface area contributed by atoms with E-state index in [0.29, 0.717) is 36.7 Å². The summed E-state index contributed by atoms with van der Waals surface area (Å²) in [5, 5.41) is 2.77. The van der Waals surface area contributed by atoms with Gasteiger partial charge in [-0.1, -0.05) is 12.7 Å². The first kappa shape index (κ1) is 22.0. The summed E-state index contributed by atoms with van der Waals surface area (Å²) in [4.78, 5) is 12.6. The lowest BCUT2D eigenvalue weighted by atomic mass is 10.2. The van der Waals surface area contributed by atoms with Gasteiger partial charge < -0.3 is 14.8 Å². The largest absolute Gasteiger partial charge is 0.490 e. The Morgan fingerprint density at radius 3 is 2.30 bits per heavy atom. The molecule has 2 aromatic rings. The molecule has 2 atom stereocenters. The number of nitrogens with zero attached hydrogens (tertiary/aromatic N) is 1. The van der Waals surface area contributed by atoms with E-state index in [2.05, 4.69) is 11.9 Å². The van der Waals surface area contributed by atoms with Gasteiger partial charge in [-0.2, -0.15) is 4.31 Å². The number of anilines is 1. The molecule has 2 aromatic carbocycles. The minimum atomic E-state index is -3.62. The highest BCUT2D eigenvalue weighted by Crippen LogP contribution is 2.23. The summed E-state index contributed by atoms with van der Waals surface area (Å²) in [5.74, 6) is 0.351. The lowest BCUT2D eigenvalue weighted by Crippen LogP contribution is -2.48. The topological polar surface area (TPSA) is 84.9 Å². The minimum absolute atomic E-state index is 0.157. The van der Waals surface area contributed by atoms with Crippen molar-refractivity contribution >= 4 is 21.6 Å². The van der Waals surface area contributed by atoms with Gasteiger partial charge in [-0.05, 0) is 62.4 Å². The zero-order valence-corrected chi connectivity index (χ0v) is 17.9. The average Bonchev–Trinajstić information content (AvgIpc) is 2.72. The first-order valence-corrected chi connectivity index (χ1v) is 11.1. The zero-order chi connectivity index (χ0) is 21.7. The minimum Gasteiger partial charge on any atom is -0.490 e. The maximum Gasteiger partial charge on any atom is 0.255 e. The van der Waals surface area contributed by atoms with Crippen LogP contribution in [0.4, 0.5) is 5.69 Å². The number of benzene rings is 2. The van der Waals surface area contributed by atoms with Crippen molar-refractivity contribution in [3.05, 3.63) is 66.7 Å². The molecule has 0 saturated carbocycles. The Balaban J connectivity index is 1.66. The highest BCUT2D eigenvalue weighted by molar-refractivity contribution is 7.89. The van der Waals surface area contributed by atoms with Crippen LogP contribution in [0.25, 0.3) is 0 Å². The standard InChI is InChI=1S/C22H26N2O5S/c1-4-13-28-20-9-5-18(6-10-20)22(25)23-19-7-11-21(12-8-19)30(26,27)24-14-16(2)29-17(3)15-24/h4-12,16-17H,1,13-15H2,2-3H3,(H,23,25)/t16-,17-/m0/s1. The predicted molar refractivity (Wildman–Crippen MR) is 115 cm³/mol. The molecule has 0 aromatic heterocycles. The van der Waals surface area contributed by atoms with Gasteiger partial charge in [0.2, 0.25) is 10.0 Å². The van der Waals surface area contributed by atoms with Crippen molar-refractivity contribution in [3.63, 3.8) is 0 Å². The van der Waals surface area contributed by atoms with Crippen molar-refractivity contribution in [2.45, 2.75) is 31.0 Å². The molecular weight excluding hydrogens is 404 g/mol. The van der Waals surface area contributed by atoms with E-state index in [4.69, 9.17) is 9.47 Å². The first-order chi connectivity index (χ1) is 14.3. The molecule has 7 nitrogen and oxygen atoms in total. The fourth-order valence-corrected chi connectivity index (χ4v) is 4.84. The molecular formula is C22H26N2O5S. The third-order valence-electron chi connectivity index (χ3n) is 4.62. The second-order valence-corrected chi connectivity index (χ2v) is 9.12. The van der Waals surface area contributed by atoms with E-state index >= 15 is 0 Å². The molecule has 1 N–H and O–H groups in total. The average molecular weight is 431 g/mol. The van der Waals surface area contributed by atoms with Gasteiger partial charge in [-0.3, -0.25) is 4.79 Å². The van der Waals surface area contributed by atoms with Crippen molar-refractivity contribution in [1.82, 2.24) is 4.31 Å². The van der Waals surface area contributed by atoms with Crippen LogP contribution in [0, 0.1) is 0 Å². The maximum absolute atomic E-state index is 12.9. The van der Waals surface area contributed by atoms with E-state index in [0.717, 1.165) is 0 Å². The van der Waals surface area contributed by atoms with E-state index in [1.54, 1.807) is 42.5 Å². The van der Waals surface area contributed by atoms with E-state index in [-0.39, 0.29) is 23.0 Å². The molecule has 1 aliphatic rings. The number of hydrogen-bond acceptors (Lipinski definition) is 5. The Hall–Kier alpha value is -2.68. The quantitative estimate of drug-likeness (QED) is 0.682. The Labute approximate surface area is 177 Å². The third-order valence-corrected chi connectivity index (χ3v) is 6.47. The highest BCUT2D eigenvalue weighted by atomic mass is 32.2. The summed E-state index contributed by atoms with van der Waals surface area (Å²) in [6.45, 7) is 8.33. The second kappa shape index (κ2) is 9.42. The molecule has 1 amide bonds. The SMILES string of the molecule is C=CCOc1ccc(C(=O)Nc2ccc(S(=O)(=O)N3C[C@H](C)O[C@@H](C)C3)cc2)cc1. The monoisotopic (exact) mass is 430 g/mol. The summed E-state index contributed by atoms with van der Waals surface area (Å²) in [5.41, 5.74) is 0.976. The van der Waals surface area contributed by atoms with Crippen molar-refractivity contribution < 1.29 is 22.7 Å². The molecule has 0 radical (unpaired) electrons. The van der Waals surface area contributed by atoms with Crippen LogP contribution >= 0.6 is 0 Å². The van der Waals surface area contributed by atoms with E-state index in [1.165, 1.54) is 16.4 Å². The number of sulfonamides is 1. The van der Waals surface area contributed by atoms with Crippen LogP contribution in [0.3, 0.4) is 0 Å². The fourth-order valence-electron chi connectivity index (χ4n) is 3.25. The fraction of sp³-hybridized carbons (Fsp3) is 0.318. The normalized spacial score (nSPS) is 19.8. The molecule has 1 aliphatic heterocycles. The molecule has 3 rings (SSSR count). The van der Waals surface area contributed by atoms with Gasteiger partial charge in [0, 0.05) is 24.3 Å². The number of amides is 1. The highest BCUT2D eigenvalue weighted by Gasteiger charge is 2.32. The van der Waals surface area contributed by atoms with Gasteiger partial charge >= 0.3 is 0 Å². The van der Waals surface area contributed by atoms with Crippen LogP contribution in [0.5, 0.6) is 5.75 Å². The summed E-state index contributed by atoms with van der Waals surface area (Å²) >= 11 is 0. The van der Waals surface area contributed by atoms with Gasteiger partial charge in [0.25, 0.3) is 5.91 Å². The number of rotatable bonds is 7. The van der Waals surface area contributed by atoms with Crippen molar-refractivity contribution in [2.24, 2.45) is 0 Å². The van der Waals surface area contributed by atoms with E-state index in [1.807, 2.05) is 13.8 Å². The zero-order valence-electron chi connectivity index (χ0n) is 17.1. The van der Waals surface area contributed by atoms with Crippen molar-refractivity contribution in [3.8, 4) is 5.75 Å². The molecule has 0 aliphatic carbocycles. The molecule has 8 heteroatoms. The lowest BCUT2D eigenvalue weighted by molar-refractivity contribution is -0.0440. The van der Waals surface area contributed by atoms with Crippen molar-refractivity contribution in [2.75, 3.05) is 25.0 Å². The Kier molecular flexibility index (Phi) is 6.91. The van der Waals surface area contributed by atoms with Crippen LogP contribution < -0.4 is 10.1 Å². The Bertz CT molecular complexity index is 977. The van der Waals surface area contributed by atoms with Gasteiger partial charge in [0.1, 0.15) is 12.4 Å². The van der Waals surface area contributed by atoms with Gasteiger partial charge in [0.05, 0.1) is 17.1 Å². The molecule has 160 valence electrons. The number of ether oxygens (including phenoxy) is 2. The van der Waals surface area contributed by atoms with Crippen LogP contribution in [0.2, 0.25) is 0 Å². The lowest BCUT2D eigenvalue weighted by Gasteiger charge is -2.34. The Morgan fingerprint density at radius 2 is 1.73 bits per heavy atom. The van der Waals surface area contributed by atoms with E-state index < -0.39 is 10.0 Å². The van der Waals surface area contributed by atoms with Crippen molar-refractivity contribution in [1.29, 1.82) is 0 Å². The molecule has 0 unspecified atom stereocenters. The first-order valence-electron chi connectivity index (χ1n) is 9.70. The third kappa shape index (κ3) is 5.27. The number of nitrogens with one attached hydrogen (secondary N) is 1. The number of hydrogen-bond donors (Lipinski definition) is 1.